The van der Waals surface area contributed by atoms with Gasteiger partial charge in [0.05, 0.1) is 6.42 Å². The lowest BCUT2D eigenvalue weighted by Crippen LogP contribution is -2.46. The lowest BCUT2D eigenvalue weighted by Gasteiger charge is -2.30. The lowest BCUT2D eigenvalue weighted by atomic mass is 9.96. The highest BCUT2D eigenvalue weighted by atomic mass is 35.5. The van der Waals surface area contributed by atoms with E-state index in [0.717, 1.165) is 0 Å². The van der Waals surface area contributed by atoms with Crippen LogP contribution in [0.25, 0.3) is 0 Å². The standard InChI is InChI=1S/C15H15ClFNO4S/c16-12-2-1-7-15(8-12,9-14(19)20)23(21,22)18-10-11-3-5-13(17)6-4-11/h1-6,8,18H,7,9-10H2,(H,19,20). The number of carboxylic acid groups (broad SMARTS) is 1. The molecule has 0 bridgehead atoms. The first-order valence-electron chi connectivity index (χ1n) is 6.74. The van der Waals surface area contributed by atoms with Crippen LogP contribution in [0.2, 0.25) is 0 Å². The van der Waals surface area contributed by atoms with E-state index in [9.17, 15) is 17.6 Å². The first-order chi connectivity index (χ1) is 10.7. The highest BCUT2D eigenvalue weighted by Gasteiger charge is 2.44. The summed E-state index contributed by atoms with van der Waals surface area (Å²) in [4.78, 5) is 11.1. The molecule has 0 saturated heterocycles. The van der Waals surface area contributed by atoms with E-state index in [1.165, 1.54) is 42.5 Å². The molecule has 0 fully saturated rings. The van der Waals surface area contributed by atoms with Gasteiger partial charge in [0.2, 0.25) is 10.0 Å². The van der Waals surface area contributed by atoms with Crippen LogP contribution in [-0.4, -0.2) is 24.2 Å². The minimum Gasteiger partial charge on any atom is -0.481 e. The van der Waals surface area contributed by atoms with Crippen molar-refractivity contribution in [2.45, 2.75) is 24.1 Å². The summed E-state index contributed by atoms with van der Waals surface area (Å²) in [6.45, 7) is -0.0703. The Morgan fingerprint density at radius 3 is 2.57 bits per heavy atom. The average molecular weight is 360 g/mol. The number of nitrogens with one attached hydrogen (secondary N) is 1. The molecule has 8 heteroatoms. The normalized spacial score (nSPS) is 21.0. The summed E-state index contributed by atoms with van der Waals surface area (Å²) in [5, 5.41) is 9.24. The van der Waals surface area contributed by atoms with E-state index in [2.05, 4.69) is 4.72 Å². The molecule has 1 aromatic carbocycles. The number of sulfonamides is 1. The Hall–Kier alpha value is -1.70. The molecule has 0 spiro atoms. The molecular formula is C15H15ClFNO4S. The van der Waals surface area contributed by atoms with Crippen molar-refractivity contribution in [3.05, 3.63) is 58.9 Å². The van der Waals surface area contributed by atoms with E-state index in [-0.39, 0.29) is 18.0 Å². The number of hydrogen-bond donors (Lipinski definition) is 2. The number of allylic oxidation sites excluding steroid dienone is 3. The van der Waals surface area contributed by atoms with E-state index >= 15 is 0 Å². The Morgan fingerprint density at radius 2 is 2.00 bits per heavy atom. The Balaban J connectivity index is 2.24. The van der Waals surface area contributed by atoms with E-state index in [1.807, 2.05) is 0 Å². The maximum Gasteiger partial charge on any atom is 0.305 e. The molecular weight excluding hydrogens is 345 g/mol. The Bertz CT molecular complexity index is 758. The predicted molar refractivity (Wildman–Crippen MR) is 84.8 cm³/mol. The molecule has 0 saturated carbocycles. The van der Waals surface area contributed by atoms with Crippen LogP contribution in [0, 0.1) is 5.82 Å². The summed E-state index contributed by atoms with van der Waals surface area (Å²) in [7, 11) is -4.02. The van der Waals surface area contributed by atoms with Crippen molar-refractivity contribution in [3.8, 4) is 0 Å². The van der Waals surface area contributed by atoms with Crippen LogP contribution in [0.4, 0.5) is 4.39 Å². The molecule has 1 atom stereocenters. The second-order valence-corrected chi connectivity index (χ2v) is 7.77. The fourth-order valence-electron chi connectivity index (χ4n) is 2.32. The van der Waals surface area contributed by atoms with Crippen molar-refractivity contribution < 1.29 is 22.7 Å². The molecule has 2 N–H and O–H groups in total. The van der Waals surface area contributed by atoms with Crippen molar-refractivity contribution in [3.63, 3.8) is 0 Å². The van der Waals surface area contributed by atoms with Crippen molar-refractivity contribution in [2.24, 2.45) is 0 Å². The van der Waals surface area contributed by atoms with Crippen molar-refractivity contribution >= 4 is 27.6 Å². The second-order valence-electron chi connectivity index (χ2n) is 5.22. The van der Waals surface area contributed by atoms with E-state index in [0.29, 0.717) is 5.56 Å². The first-order valence-corrected chi connectivity index (χ1v) is 8.61. The molecule has 1 unspecified atom stereocenters. The van der Waals surface area contributed by atoms with Crippen LogP contribution in [0.1, 0.15) is 18.4 Å². The molecule has 0 radical (unpaired) electrons. The fourth-order valence-corrected chi connectivity index (χ4v) is 4.23. The zero-order chi connectivity index (χ0) is 17.1. The smallest absolute Gasteiger partial charge is 0.305 e. The van der Waals surface area contributed by atoms with Gasteiger partial charge in [-0.2, -0.15) is 0 Å². The van der Waals surface area contributed by atoms with Gasteiger partial charge in [-0.15, -0.1) is 0 Å². The molecule has 0 amide bonds. The Labute approximate surface area is 138 Å². The van der Waals surface area contributed by atoms with Crippen LogP contribution >= 0.6 is 11.6 Å². The predicted octanol–water partition coefficient (Wildman–Crippen LogP) is 2.54. The highest BCUT2D eigenvalue weighted by molar-refractivity contribution is 7.91. The summed E-state index contributed by atoms with van der Waals surface area (Å²) in [6.07, 6.45) is 3.70. The van der Waals surface area contributed by atoms with Crippen LogP contribution in [0.3, 0.4) is 0 Å². The Kier molecular flexibility index (Phi) is 5.23. The summed E-state index contributed by atoms with van der Waals surface area (Å²) in [6, 6.07) is 5.34. The molecule has 1 aliphatic rings. The van der Waals surface area contributed by atoms with E-state index in [4.69, 9.17) is 16.7 Å². The largest absolute Gasteiger partial charge is 0.481 e. The van der Waals surface area contributed by atoms with Gasteiger partial charge in [-0.1, -0.05) is 29.8 Å². The molecule has 1 aliphatic carbocycles. The second kappa shape index (κ2) is 6.82. The molecule has 5 nitrogen and oxygen atoms in total. The third-order valence-electron chi connectivity index (χ3n) is 3.51. The quantitative estimate of drug-likeness (QED) is 0.817. The number of halogens is 2. The Morgan fingerprint density at radius 1 is 1.35 bits per heavy atom. The maximum absolute atomic E-state index is 12.9. The zero-order valence-corrected chi connectivity index (χ0v) is 13.6. The molecule has 2 rings (SSSR count). The van der Waals surface area contributed by atoms with Gasteiger partial charge >= 0.3 is 5.97 Å². The summed E-state index contributed by atoms with van der Waals surface area (Å²) in [5.41, 5.74) is 0.557. The van der Waals surface area contributed by atoms with E-state index in [1.54, 1.807) is 0 Å². The number of aliphatic carboxylic acids is 1. The van der Waals surface area contributed by atoms with Gasteiger partial charge in [0.1, 0.15) is 10.6 Å². The number of carbonyl (C=O) groups is 1. The van der Waals surface area contributed by atoms with Gasteiger partial charge in [-0.3, -0.25) is 4.79 Å². The lowest BCUT2D eigenvalue weighted by molar-refractivity contribution is -0.137. The minimum absolute atomic E-state index is 0.00821. The number of rotatable bonds is 6. The topological polar surface area (TPSA) is 83.5 Å². The highest BCUT2D eigenvalue weighted by Crippen LogP contribution is 2.34. The zero-order valence-electron chi connectivity index (χ0n) is 12.0. The third kappa shape index (κ3) is 4.19. The molecule has 0 aromatic heterocycles. The van der Waals surface area contributed by atoms with Crippen molar-refractivity contribution in [1.82, 2.24) is 4.72 Å². The van der Waals surface area contributed by atoms with Gasteiger partial charge in [-0.05, 0) is 36.3 Å². The molecule has 0 heterocycles. The van der Waals surface area contributed by atoms with Gasteiger partial charge < -0.3 is 5.11 Å². The van der Waals surface area contributed by atoms with Gasteiger partial charge in [-0.25, -0.2) is 17.5 Å². The minimum atomic E-state index is -4.02. The summed E-state index contributed by atoms with van der Waals surface area (Å²) < 4.78 is 38.9. The monoisotopic (exact) mass is 359 g/mol. The van der Waals surface area contributed by atoms with Crippen molar-refractivity contribution in [2.75, 3.05) is 0 Å². The molecule has 23 heavy (non-hydrogen) atoms. The van der Waals surface area contributed by atoms with Gasteiger partial charge in [0, 0.05) is 11.6 Å². The maximum atomic E-state index is 12.9. The molecule has 124 valence electrons. The molecule has 1 aromatic rings. The summed E-state index contributed by atoms with van der Waals surface area (Å²) >= 11 is 5.87. The SMILES string of the molecule is O=C(O)CC1(S(=O)(=O)NCc2ccc(F)cc2)C=C(Cl)C=CC1. The number of carboxylic acids is 1. The number of hydrogen-bond acceptors (Lipinski definition) is 3. The van der Waals surface area contributed by atoms with Crippen LogP contribution in [0.15, 0.2) is 47.5 Å². The number of benzene rings is 1. The van der Waals surface area contributed by atoms with Crippen molar-refractivity contribution in [1.29, 1.82) is 0 Å². The average Bonchev–Trinajstić information content (AvgIpc) is 2.46. The first kappa shape index (κ1) is 17.7. The van der Waals surface area contributed by atoms with Crippen LogP contribution in [-0.2, 0) is 21.4 Å². The van der Waals surface area contributed by atoms with Crippen LogP contribution < -0.4 is 4.72 Å². The van der Waals surface area contributed by atoms with Crippen LogP contribution in [0.5, 0.6) is 0 Å². The summed E-state index contributed by atoms with van der Waals surface area (Å²) in [5.74, 6) is -1.67. The fraction of sp³-hybridized carbons (Fsp3) is 0.267. The van der Waals surface area contributed by atoms with E-state index < -0.39 is 33.0 Å². The third-order valence-corrected chi connectivity index (χ3v) is 5.77. The van der Waals surface area contributed by atoms with Gasteiger partial charge in [0.15, 0.2) is 0 Å². The van der Waals surface area contributed by atoms with Gasteiger partial charge in [0.25, 0.3) is 0 Å². The molecule has 0 aliphatic heterocycles.